The fourth-order valence-electron chi connectivity index (χ4n) is 3.19. The summed E-state index contributed by atoms with van der Waals surface area (Å²) in [5.74, 6) is -0.115. The molecule has 0 aromatic carbocycles. The Morgan fingerprint density at radius 3 is 2.81 bits per heavy atom. The van der Waals surface area contributed by atoms with E-state index < -0.39 is 6.04 Å². The van der Waals surface area contributed by atoms with Crippen molar-refractivity contribution in [1.82, 2.24) is 20.1 Å². The Hall–Kier alpha value is -1.82. The van der Waals surface area contributed by atoms with Gasteiger partial charge in [-0.15, -0.1) is 0 Å². The second kappa shape index (κ2) is 5.89. The molecule has 0 saturated carbocycles. The minimum Gasteiger partial charge on any atom is -0.353 e. The van der Waals surface area contributed by atoms with Crippen LogP contribution in [0.15, 0.2) is 18.3 Å². The van der Waals surface area contributed by atoms with Crippen LogP contribution in [-0.2, 0) is 4.79 Å². The monoisotopic (exact) mass is 290 g/mol. The van der Waals surface area contributed by atoms with Gasteiger partial charge in [-0.2, -0.15) is 0 Å². The molecular formula is C15H22N4O2. The molecule has 0 bridgehead atoms. The number of carbonyl (C=O) groups is 2. The highest BCUT2D eigenvalue weighted by molar-refractivity contribution is 5.97. The number of hydrogen-bond acceptors (Lipinski definition) is 3. The van der Waals surface area contributed by atoms with Gasteiger partial charge in [-0.05, 0) is 45.0 Å². The average Bonchev–Trinajstić information content (AvgIpc) is 3.00. The van der Waals surface area contributed by atoms with Crippen molar-refractivity contribution in [3.05, 3.63) is 24.0 Å². The van der Waals surface area contributed by atoms with Gasteiger partial charge in [-0.1, -0.05) is 0 Å². The quantitative estimate of drug-likeness (QED) is 0.827. The summed E-state index contributed by atoms with van der Waals surface area (Å²) < 4.78 is 2.09. The fourth-order valence-corrected chi connectivity index (χ4v) is 3.19. The van der Waals surface area contributed by atoms with Crippen LogP contribution < -0.4 is 10.6 Å². The van der Waals surface area contributed by atoms with Gasteiger partial charge in [0.1, 0.15) is 11.7 Å². The Balaban J connectivity index is 1.81. The fraction of sp³-hybridized carbons (Fsp3) is 0.600. The number of aromatic nitrogens is 1. The van der Waals surface area contributed by atoms with Crippen molar-refractivity contribution >= 4 is 11.8 Å². The molecule has 2 aliphatic heterocycles. The van der Waals surface area contributed by atoms with Crippen molar-refractivity contribution in [1.29, 1.82) is 0 Å². The Bertz CT molecular complexity index is 534. The summed E-state index contributed by atoms with van der Waals surface area (Å²) in [4.78, 5) is 26.2. The molecule has 1 aromatic rings. The van der Waals surface area contributed by atoms with Crippen LogP contribution in [-0.4, -0.2) is 53.5 Å². The molecule has 0 radical (unpaired) electrons. The van der Waals surface area contributed by atoms with Gasteiger partial charge in [0.05, 0.1) is 0 Å². The van der Waals surface area contributed by atoms with Crippen LogP contribution in [0.2, 0.25) is 0 Å². The van der Waals surface area contributed by atoms with E-state index in [0.717, 1.165) is 25.9 Å². The van der Waals surface area contributed by atoms with Gasteiger partial charge in [0.2, 0.25) is 5.91 Å². The largest absolute Gasteiger partial charge is 0.353 e. The zero-order valence-electron chi connectivity index (χ0n) is 12.3. The lowest BCUT2D eigenvalue weighted by Crippen LogP contribution is -2.56. The maximum Gasteiger partial charge on any atom is 0.271 e. The van der Waals surface area contributed by atoms with Gasteiger partial charge >= 0.3 is 0 Å². The van der Waals surface area contributed by atoms with Crippen molar-refractivity contribution in [3.8, 4) is 0 Å². The normalized spacial score (nSPS) is 24.0. The van der Waals surface area contributed by atoms with Crippen LogP contribution in [0.1, 0.15) is 36.3 Å². The molecule has 2 N–H and O–H groups in total. The van der Waals surface area contributed by atoms with Crippen LogP contribution in [0.4, 0.5) is 0 Å². The molecule has 6 nitrogen and oxygen atoms in total. The first kappa shape index (κ1) is 14.1. The second-order valence-corrected chi connectivity index (χ2v) is 5.75. The summed E-state index contributed by atoms with van der Waals surface area (Å²) in [6.45, 7) is 4.86. The topological polar surface area (TPSA) is 66.4 Å². The van der Waals surface area contributed by atoms with E-state index in [2.05, 4.69) is 15.2 Å². The highest BCUT2D eigenvalue weighted by Crippen LogP contribution is 2.22. The van der Waals surface area contributed by atoms with Gasteiger partial charge in [0, 0.05) is 25.3 Å². The number of hydrogen-bond donors (Lipinski definition) is 2. The highest BCUT2D eigenvalue weighted by Gasteiger charge is 2.32. The van der Waals surface area contributed by atoms with Crippen LogP contribution >= 0.6 is 0 Å². The van der Waals surface area contributed by atoms with E-state index in [1.807, 2.05) is 18.3 Å². The molecule has 2 aliphatic rings. The first-order valence-electron chi connectivity index (χ1n) is 7.64. The van der Waals surface area contributed by atoms with Crippen molar-refractivity contribution in [3.63, 3.8) is 0 Å². The number of nitrogens with one attached hydrogen (secondary N) is 2. The second-order valence-electron chi connectivity index (χ2n) is 5.75. The summed E-state index contributed by atoms with van der Waals surface area (Å²) in [7, 11) is 0. The van der Waals surface area contributed by atoms with Crippen molar-refractivity contribution in [2.24, 2.45) is 0 Å². The first-order chi connectivity index (χ1) is 10.2. The molecule has 114 valence electrons. The lowest BCUT2D eigenvalue weighted by Gasteiger charge is -2.34. The average molecular weight is 290 g/mol. The minimum atomic E-state index is -0.400. The zero-order valence-corrected chi connectivity index (χ0v) is 12.3. The molecule has 0 spiro atoms. The van der Waals surface area contributed by atoms with Gasteiger partial charge in [-0.3, -0.25) is 9.59 Å². The summed E-state index contributed by atoms with van der Waals surface area (Å²) in [5, 5.41) is 6.13. The molecule has 1 unspecified atom stereocenters. The van der Waals surface area contributed by atoms with E-state index in [0.29, 0.717) is 24.8 Å². The summed E-state index contributed by atoms with van der Waals surface area (Å²) in [6, 6.07) is 3.75. The third-order valence-electron chi connectivity index (χ3n) is 4.46. The van der Waals surface area contributed by atoms with Crippen molar-refractivity contribution < 1.29 is 9.59 Å². The number of piperazine rings is 1. The molecule has 2 fully saturated rings. The Labute approximate surface area is 124 Å². The number of nitrogens with zero attached hydrogens (tertiary/aromatic N) is 2. The van der Waals surface area contributed by atoms with Gasteiger partial charge in [0.25, 0.3) is 5.91 Å². The molecule has 2 saturated heterocycles. The molecule has 1 aromatic heterocycles. The molecule has 6 heteroatoms. The summed E-state index contributed by atoms with van der Waals surface area (Å²) in [6.07, 6.45) is 4.05. The summed E-state index contributed by atoms with van der Waals surface area (Å²) in [5.41, 5.74) is 0.698. The van der Waals surface area contributed by atoms with Crippen LogP contribution in [0.25, 0.3) is 0 Å². The molecule has 0 aliphatic carbocycles. The van der Waals surface area contributed by atoms with Crippen molar-refractivity contribution in [2.75, 3.05) is 26.2 Å². The predicted octanol–water partition coefficient (Wildman–Crippen LogP) is 0.373. The van der Waals surface area contributed by atoms with E-state index in [1.165, 1.54) is 0 Å². The van der Waals surface area contributed by atoms with E-state index in [-0.39, 0.29) is 11.8 Å². The van der Waals surface area contributed by atoms with Crippen LogP contribution in [0, 0.1) is 0 Å². The Morgan fingerprint density at radius 2 is 2.05 bits per heavy atom. The van der Waals surface area contributed by atoms with Crippen molar-refractivity contribution in [2.45, 2.75) is 31.8 Å². The van der Waals surface area contributed by atoms with Crippen LogP contribution in [0.5, 0.6) is 0 Å². The molecule has 3 rings (SSSR count). The molecule has 2 amide bonds. The third-order valence-corrected chi connectivity index (χ3v) is 4.46. The highest BCUT2D eigenvalue weighted by atomic mass is 16.2. The third kappa shape index (κ3) is 2.68. The first-order valence-corrected chi connectivity index (χ1v) is 7.64. The van der Waals surface area contributed by atoms with Crippen LogP contribution in [0.3, 0.4) is 0 Å². The maximum atomic E-state index is 12.8. The predicted molar refractivity (Wildman–Crippen MR) is 79.1 cm³/mol. The number of piperidine rings is 1. The van der Waals surface area contributed by atoms with E-state index in [9.17, 15) is 9.59 Å². The molecule has 3 heterocycles. The lowest BCUT2D eigenvalue weighted by molar-refractivity contribution is -0.127. The lowest BCUT2D eigenvalue weighted by atomic mass is 10.1. The SMILES string of the molecule is CC1C(=O)NCCN1C(=O)c1cccn1C1CCNCC1. The summed E-state index contributed by atoms with van der Waals surface area (Å²) >= 11 is 0. The van der Waals surface area contributed by atoms with Gasteiger partial charge in [0.15, 0.2) is 0 Å². The number of rotatable bonds is 2. The smallest absolute Gasteiger partial charge is 0.271 e. The standard InChI is InChI=1S/C15H22N4O2/c1-11-14(20)17-8-10-18(11)15(21)13-3-2-9-19(13)12-4-6-16-7-5-12/h2-3,9,11-12,16H,4-8,10H2,1H3,(H,17,20). The van der Waals surface area contributed by atoms with E-state index >= 15 is 0 Å². The van der Waals surface area contributed by atoms with E-state index in [1.54, 1.807) is 11.8 Å². The van der Waals surface area contributed by atoms with Gasteiger partial charge in [-0.25, -0.2) is 0 Å². The van der Waals surface area contributed by atoms with E-state index in [4.69, 9.17) is 0 Å². The Morgan fingerprint density at radius 1 is 1.29 bits per heavy atom. The maximum absolute atomic E-state index is 12.8. The molecule has 21 heavy (non-hydrogen) atoms. The zero-order chi connectivity index (χ0) is 14.8. The minimum absolute atomic E-state index is 0.0408. The van der Waals surface area contributed by atoms with Gasteiger partial charge < -0.3 is 20.1 Å². The number of carbonyl (C=O) groups excluding carboxylic acids is 2. The molecular weight excluding hydrogens is 268 g/mol. The molecule has 1 atom stereocenters. The Kier molecular flexibility index (Phi) is 3.96. The number of amides is 2.